The van der Waals surface area contributed by atoms with Crippen molar-refractivity contribution >= 4 is 11.6 Å². The van der Waals surface area contributed by atoms with Crippen molar-refractivity contribution in [3.8, 4) is 0 Å². The summed E-state index contributed by atoms with van der Waals surface area (Å²) in [6.07, 6.45) is 2.62. The summed E-state index contributed by atoms with van der Waals surface area (Å²) < 4.78 is 0. The number of hydrogen-bond acceptors (Lipinski definition) is 2. The zero-order valence-corrected chi connectivity index (χ0v) is 9.65. The number of hydrogen-bond donors (Lipinski definition) is 1. The molecule has 0 heterocycles. The molecule has 0 spiro atoms. The largest absolute Gasteiger partial charge is 0.311 e. The highest BCUT2D eigenvalue weighted by Crippen LogP contribution is 2.13. The van der Waals surface area contributed by atoms with Crippen LogP contribution in [0.5, 0.6) is 0 Å². The first-order valence-electron chi connectivity index (χ1n) is 5.40. The first kappa shape index (κ1) is 12.5. The fourth-order valence-electron chi connectivity index (χ4n) is 1.47. The molecular weight excluding hydrogens is 200 g/mol. The van der Waals surface area contributed by atoms with Crippen LogP contribution in [0.4, 0.5) is 5.69 Å². The van der Waals surface area contributed by atoms with E-state index in [0.717, 1.165) is 12.1 Å². The molecule has 1 rings (SSSR count). The van der Waals surface area contributed by atoms with E-state index < -0.39 is 0 Å². The number of anilines is 1. The van der Waals surface area contributed by atoms with Crippen LogP contribution in [0.1, 0.15) is 6.42 Å². The summed E-state index contributed by atoms with van der Waals surface area (Å²) in [7, 11) is 1.77. The van der Waals surface area contributed by atoms with Crippen LogP contribution in [0.3, 0.4) is 0 Å². The van der Waals surface area contributed by atoms with Crippen LogP contribution in [0.2, 0.25) is 0 Å². The fourth-order valence-corrected chi connectivity index (χ4v) is 1.47. The third-order valence-electron chi connectivity index (χ3n) is 2.25. The number of para-hydroxylation sites is 1. The van der Waals surface area contributed by atoms with E-state index in [9.17, 15) is 4.79 Å². The van der Waals surface area contributed by atoms with Gasteiger partial charge >= 0.3 is 0 Å². The fraction of sp³-hybridized carbons (Fsp3) is 0.308. The van der Waals surface area contributed by atoms with Crippen LogP contribution >= 0.6 is 0 Å². The van der Waals surface area contributed by atoms with Crippen molar-refractivity contribution in [2.45, 2.75) is 6.42 Å². The molecule has 0 aliphatic heterocycles. The average molecular weight is 218 g/mol. The second kappa shape index (κ2) is 6.80. The van der Waals surface area contributed by atoms with E-state index in [2.05, 4.69) is 11.9 Å². The van der Waals surface area contributed by atoms with E-state index in [4.69, 9.17) is 0 Å². The first-order chi connectivity index (χ1) is 7.79. The van der Waals surface area contributed by atoms with E-state index in [-0.39, 0.29) is 5.91 Å². The Bertz CT molecular complexity index is 335. The van der Waals surface area contributed by atoms with Crippen molar-refractivity contribution in [1.29, 1.82) is 0 Å². The number of nitrogens with one attached hydrogen (secondary N) is 1. The van der Waals surface area contributed by atoms with Gasteiger partial charge in [-0.3, -0.25) is 4.79 Å². The third kappa shape index (κ3) is 3.51. The molecule has 0 fully saturated rings. The molecule has 0 atom stereocenters. The lowest BCUT2D eigenvalue weighted by Gasteiger charge is -2.22. The van der Waals surface area contributed by atoms with E-state index in [1.165, 1.54) is 0 Å². The average Bonchev–Trinajstić information content (AvgIpc) is 2.31. The van der Waals surface area contributed by atoms with E-state index >= 15 is 0 Å². The van der Waals surface area contributed by atoms with Gasteiger partial charge in [-0.05, 0) is 25.6 Å². The minimum atomic E-state index is 0.0792. The molecule has 16 heavy (non-hydrogen) atoms. The van der Waals surface area contributed by atoms with Gasteiger partial charge in [-0.1, -0.05) is 24.3 Å². The summed E-state index contributed by atoms with van der Waals surface area (Å²) in [5.74, 6) is 0.0792. The molecule has 0 saturated heterocycles. The molecule has 3 heteroatoms. The maximum absolute atomic E-state index is 11.9. The van der Waals surface area contributed by atoms with Crippen molar-refractivity contribution < 1.29 is 4.79 Å². The summed E-state index contributed by atoms with van der Waals surface area (Å²) in [4.78, 5) is 13.7. The maximum Gasteiger partial charge on any atom is 0.240 e. The molecule has 0 aliphatic carbocycles. The molecule has 0 saturated carbocycles. The topological polar surface area (TPSA) is 32.3 Å². The van der Waals surface area contributed by atoms with Gasteiger partial charge in [0.1, 0.15) is 0 Å². The quantitative estimate of drug-likeness (QED) is 0.739. The first-order valence-corrected chi connectivity index (χ1v) is 5.40. The molecule has 1 aromatic rings. The third-order valence-corrected chi connectivity index (χ3v) is 2.25. The van der Waals surface area contributed by atoms with Crippen LogP contribution in [0.25, 0.3) is 0 Å². The summed E-state index contributed by atoms with van der Waals surface area (Å²) in [5, 5.41) is 2.88. The van der Waals surface area contributed by atoms with Crippen LogP contribution < -0.4 is 10.2 Å². The van der Waals surface area contributed by atoms with Gasteiger partial charge in [0, 0.05) is 12.2 Å². The van der Waals surface area contributed by atoms with Crippen molar-refractivity contribution in [1.82, 2.24) is 5.32 Å². The number of nitrogens with zero attached hydrogens (tertiary/aromatic N) is 1. The molecule has 1 aromatic carbocycles. The molecule has 0 aliphatic rings. The molecule has 1 amide bonds. The van der Waals surface area contributed by atoms with Gasteiger partial charge in [-0.15, -0.1) is 6.58 Å². The van der Waals surface area contributed by atoms with Crippen LogP contribution in [0.15, 0.2) is 43.0 Å². The van der Waals surface area contributed by atoms with Crippen LogP contribution in [-0.2, 0) is 4.79 Å². The van der Waals surface area contributed by atoms with Gasteiger partial charge in [-0.25, -0.2) is 0 Å². The predicted molar refractivity (Wildman–Crippen MR) is 67.5 cm³/mol. The highest BCUT2D eigenvalue weighted by atomic mass is 16.2. The predicted octanol–water partition coefficient (Wildman–Crippen LogP) is 1.82. The lowest BCUT2D eigenvalue weighted by Crippen LogP contribution is -2.37. The number of rotatable bonds is 6. The number of amides is 1. The Morgan fingerprint density at radius 1 is 1.44 bits per heavy atom. The lowest BCUT2D eigenvalue weighted by molar-refractivity contribution is -0.117. The van der Waals surface area contributed by atoms with Crippen molar-refractivity contribution in [2.75, 3.05) is 25.0 Å². The van der Waals surface area contributed by atoms with Crippen molar-refractivity contribution in [3.05, 3.63) is 43.0 Å². The van der Waals surface area contributed by atoms with E-state index in [1.807, 2.05) is 36.4 Å². The zero-order chi connectivity index (χ0) is 11.8. The molecular formula is C13H18N2O. The number of likely N-dealkylation sites (N-methyl/N-ethyl adjacent to an activating group) is 1. The minimum absolute atomic E-state index is 0.0792. The second-order valence-corrected chi connectivity index (χ2v) is 3.49. The summed E-state index contributed by atoms with van der Waals surface area (Å²) >= 11 is 0. The molecule has 0 radical (unpaired) electrons. The Labute approximate surface area is 96.8 Å². The van der Waals surface area contributed by atoms with Gasteiger partial charge in [0.15, 0.2) is 0 Å². The molecule has 0 aromatic heterocycles. The van der Waals surface area contributed by atoms with Crippen molar-refractivity contribution in [3.63, 3.8) is 0 Å². The second-order valence-electron chi connectivity index (χ2n) is 3.49. The SMILES string of the molecule is C=CCCN(C(=O)CNC)c1ccccc1. The van der Waals surface area contributed by atoms with Gasteiger partial charge < -0.3 is 10.2 Å². The normalized spacial score (nSPS) is 9.81. The van der Waals surface area contributed by atoms with Gasteiger partial charge in [-0.2, -0.15) is 0 Å². The van der Waals surface area contributed by atoms with Crippen LogP contribution in [0, 0.1) is 0 Å². The highest BCUT2D eigenvalue weighted by molar-refractivity contribution is 5.94. The maximum atomic E-state index is 11.9. The van der Waals surface area contributed by atoms with E-state index in [1.54, 1.807) is 11.9 Å². The number of carbonyl (C=O) groups is 1. The molecule has 0 bridgehead atoms. The molecule has 86 valence electrons. The van der Waals surface area contributed by atoms with Gasteiger partial charge in [0.05, 0.1) is 6.54 Å². The van der Waals surface area contributed by atoms with Gasteiger partial charge in [0.2, 0.25) is 5.91 Å². The molecule has 0 unspecified atom stereocenters. The Morgan fingerprint density at radius 3 is 2.69 bits per heavy atom. The number of benzene rings is 1. The standard InChI is InChI=1S/C13H18N2O/c1-3-4-10-15(13(16)11-14-2)12-8-6-5-7-9-12/h3,5-9,14H,1,4,10-11H2,2H3. The Kier molecular flexibility index (Phi) is 5.29. The zero-order valence-electron chi connectivity index (χ0n) is 9.65. The lowest BCUT2D eigenvalue weighted by atomic mass is 10.2. The minimum Gasteiger partial charge on any atom is -0.311 e. The van der Waals surface area contributed by atoms with Gasteiger partial charge in [0.25, 0.3) is 0 Å². The smallest absolute Gasteiger partial charge is 0.240 e. The number of carbonyl (C=O) groups excluding carboxylic acids is 1. The summed E-state index contributed by atoms with van der Waals surface area (Å²) in [6, 6.07) is 9.69. The molecule has 1 N–H and O–H groups in total. The monoisotopic (exact) mass is 218 g/mol. The molecule has 3 nitrogen and oxygen atoms in total. The Morgan fingerprint density at radius 2 is 2.12 bits per heavy atom. The van der Waals surface area contributed by atoms with Crippen LogP contribution in [-0.4, -0.2) is 26.0 Å². The summed E-state index contributed by atoms with van der Waals surface area (Å²) in [5.41, 5.74) is 0.935. The Balaban J connectivity index is 2.78. The van der Waals surface area contributed by atoms with Crippen molar-refractivity contribution in [2.24, 2.45) is 0 Å². The highest BCUT2D eigenvalue weighted by Gasteiger charge is 2.13. The van der Waals surface area contributed by atoms with E-state index in [0.29, 0.717) is 13.1 Å². The summed E-state index contributed by atoms with van der Waals surface area (Å²) in [6.45, 7) is 4.71. The Hall–Kier alpha value is -1.61.